The summed E-state index contributed by atoms with van der Waals surface area (Å²) in [6, 6.07) is 9.65. The smallest absolute Gasteiger partial charge is 0.331 e. The second-order valence-corrected chi connectivity index (χ2v) is 9.54. The van der Waals surface area contributed by atoms with Gasteiger partial charge in [-0.1, -0.05) is 44.2 Å². The molecule has 1 aromatic carbocycles. The molecule has 1 aliphatic carbocycles. The number of fused-ring (bicyclic) bond motifs is 2. The third-order valence-corrected chi connectivity index (χ3v) is 6.87. The van der Waals surface area contributed by atoms with Gasteiger partial charge in [0.1, 0.15) is 12.2 Å². The molecule has 1 aromatic rings. The Kier molecular flexibility index (Phi) is 5.34. The maximum absolute atomic E-state index is 12.6. The van der Waals surface area contributed by atoms with Gasteiger partial charge < -0.3 is 19.3 Å². The predicted octanol–water partition coefficient (Wildman–Crippen LogP) is 3.74. The van der Waals surface area contributed by atoms with Crippen molar-refractivity contribution in [3.8, 4) is 0 Å². The number of carbonyl (C=O) groups excluding carboxylic acids is 1. The molecular formula is C24H32O5. The highest BCUT2D eigenvalue weighted by molar-refractivity contribution is 5.87. The molecule has 2 saturated heterocycles. The normalized spacial score (nSPS) is 41.5. The van der Waals surface area contributed by atoms with Crippen molar-refractivity contribution in [3.63, 3.8) is 0 Å². The Morgan fingerprint density at radius 1 is 1.21 bits per heavy atom. The van der Waals surface area contributed by atoms with Crippen LogP contribution in [0.2, 0.25) is 0 Å². The minimum atomic E-state index is -0.671. The van der Waals surface area contributed by atoms with Gasteiger partial charge in [-0.3, -0.25) is 0 Å². The molecule has 0 spiro atoms. The van der Waals surface area contributed by atoms with Crippen LogP contribution in [-0.4, -0.2) is 46.7 Å². The predicted molar refractivity (Wildman–Crippen MR) is 110 cm³/mol. The maximum atomic E-state index is 12.6. The van der Waals surface area contributed by atoms with Gasteiger partial charge in [-0.25, -0.2) is 4.79 Å². The van der Waals surface area contributed by atoms with E-state index in [1.807, 2.05) is 30.3 Å². The molecule has 2 aliphatic heterocycles. The molecule has 0 amide bonds. The van der Waals surface area contributed by atoms with E-state index in [9.17, 15) is 9.90 Å². The lowest BCUT2D eigenvalue weighted by Gasteiger charge is -2.34. The molecule has 3 aliphatic rings. The van der Waals surface area contributed by atoms with Crippen LogP contribution < -0.4 is 0 Å². The number of aliphatic hydroxyl groups excluding tert-OH is 1. The Labute approximate surface area is 173 Å². The number of epoxide rings is 2. The van der Waals surface area contributed by atoms with Gasteiger partial charge in [-0.15, -0.1) is 0 Å². The quantitative estimate of drug-likeness (QED) is 0.474. The van der Waals surface area contributed by atoms with E-state index < -0.39 is 18.2 Å². The minimum Gasteiger partial charge on any atom is -0.459 e. The number of aliphatic hydroxyl groups is 1. The van der Waals surface area contributed by atoms with Crippen molar-refractivity contribution >= 4 is 12.0 Å². The van der Waals surface area contributed by atoms with Crippen LogP contribution in [0, 0.1) is 11.8 Å². The zero-order chi connectivity index (χ0) is 20.8. The summed E-state index contributed by atoms with van der Waals surface area (Å²) < 4.78 is 17.9. The first kappa shape index (κ1) is 20.6. The number of hydrogen-bond acceptors (Lipinski definition) is 5. The highest BCUT2D eigenvalue weighted by Crippen LogP contribution is 2.52. The summed E-state index contributed by atoms with van der Waals surface area (Å²) in [5, 5.41) is 11.1. The van der Waals surface area contributed by atoms with Crippen LogP contribution in [0.5, 0.6) is 0 Å². The SMILES string of the molecule is CC(C)[C@H]1[C@@H](O)[C@@H]2O[C@@]2(C)CC[C@H]2O[C@]2(C)C[C@H]1OC(=O)/C=C/c1ccccc1. The van der Waals surface area contributed by atoms with Crippen molar-refractivity contribution < 1.29 is 24.1 Å². The summed E-state index contributed by atoms with van der Waals surface area (Å²) in [5.41, 5.74) is 0.327. The lowest BCUT2D eigenvalue weighted by molar-refractivity contribution is -0.152. The number of esters is 1. The summed E-state index contributed by atoms with van der Waals surface area (Å²) in [6.45, 7) is 8.27. The fraction of sp³-hybridized carbons (Fsp3) is 0.625. The zero-order valence-electron chi connectivity index (χ0n) is 17.7. The van der Waals surface area contributed by atoms with Gasteiger partial charge in [0.05, 0.1) is 23.4 Å². The van der Waals surface area contributed by atoms with Crippen molar-refractivity contribution in [2.75, 3.05) is 0 Å². The summed E-state index contributed by atoms with van der Waals surface area (Å²) >= 11 is 0. The Balaban J connectivity index is 1.54. The lowest BCUT2D eigenvalue weighted by Crippen LogP contribution is -2.45. The van der Waals surface area contributed by atoms with E-state index in [2.05, 4.69) is 27.7 Å². The second kappa shape index (κ2) is 7.53. The molecule has 4 rings (SSSR count). The molecule has 2 heterocycles. The lowest BCUT2D eigenvalue weighted by atomic mass is 9.76. The van der Waals surface area contributed by atoms with E-state index in [1.165, 1.54) is 6.08 Å². The summed E-state index contributed by atoms with van der Waals surface area (Å²) in [5.74, 6) is -0.473. The highest BCUT2D eigenvalue weighted by atomic mass is 16.6. The molecule has 5 nitrogen and oxygen atoms in total. The average Bonchev–Trinajstić information content (AvgIpc) is 3.53. The largest absolute Gasteiger partial charge is 0.459 e. The minimum absolute atomic E-state index is 0.134. The van der Waals surface area contributed by atoms with Crippen LogP contribution in [-0.2, 0) is 19.0 Å². The van der Waals surface area contributed by atoms with Crippen LogP contribution in [0.3, 0.4) is 0 Å². The van der Waals surface area contributed by atoms with Crippen molar-refractivity contribution in [2.24, 2.45) is 11.8 Å². The van der Waals surface area contributed by atoms with Gasteiger partial charge in [0.15, 0.2) is 0 Å². The van der Waals surface area contributed by atoms with Crippen LogP contribution in [0.25, 0.3) is 6.08 Å². The molecule has 0 bridgehead atoms. The van der Waals surface area contributed by atoms with Gasteiger partial charge >= 0.3 is 5.97 Å². The fourth-order valence-electron chi connectivity index (χ4n) is 4.96. The highest BCUT2D eigenvalue weighted by Gasteiger charge is 2.63. The van der Waals surface area contributed by atoms with E-state index in [0.29, 0.717) is 6.42 Å². The first-order valence-electron chi connectivity index (χ1n) is 10.7. The first-order valence-corrected chi connectivity index (χ1v) is 10.7. The monoisotopic (exact) mass is 400 g/mol. The van der Waals surface area contributed by atoms with Crippen molar-refractivity contribution in [1.82, 2.24) is 0 Å². The van der Waals surface area contributed by atoms with Crippen molar-refractivity contribution in [3.05, 3.63) is 42.0 Å². The van der Waals surface area contributed by atoms with Gasteiger partial charge in [-0.2, -0.15) is 0 Å². The molecule has 1 saturated carbocycles. The summed E-state index contributed by atoms with van der Waals surface area (Å²) in [4.78, 5) is 12.6. The van der Waals surface area contributed by atoms with E-state index in [0.717, 1.165) is 18.4 Å². The topological polar surface area (TPSA) is 71.6 Å². The number of hydrogen-bond donors (Lipinski definition) is 1. The van der Waals surface area contributed by atoms with E-state index >= 15 is 0 Å². The van der Waals surface area contributed by atoms with Gasteiger partial charge in [0, 0.05) is 18.4 Å². The van der Waals surface area contributed by atoms with E-state index in [-0.39, 0.29) is 35.2 Å². The van der Waals surface area contributed by atoms with E-state index in [1.54, 1.807) is 6.08 Å². The van der Waals surface area contributed by atoms with Crippen LogP contribution in [0.4, 0.5) is 0 Å². The Morgan fingerprint density at radius 2 is 1.93 bits per heavy atom. The number of carbonyl (C=O) groups is 1. The van der Waals surface area contributed by atoms with Gasteiger partial charge in [0.2, 0.25) is 0 Å². The average molecular weight is 401 g/mol. The maximum Gasteiger partial charge on any atom is 0.331 e. The Hall–Kier alpha value is -1.69. The summed E-state index contributed by atoms with van der Waals surface area (Å²) in [6.07, 6.45) is 4.43. The van der Waals surface area contributed by atoms with Crippen molar-refractivity contribution in [2.45, 2.75) is 82.6 Å². The molecule has 0 radical (unpaired) electrons. The first-order chi connectivity index (χ1) is 13.7. The van der Waals surface area contributed by atoms with Gasteiger partial charge in [-0.05, 0) is 44.2 Å². The molecule has 29 heavy (non-hydrogen) atoms. The second-order valence-electron chi connectivity index (χ2n) is 9.54. The Morgan fingerprint density at radius 3 is 2.62 bits per heavy atom. The number of rotatable bonds is 4. The van der Waals surface area contributed by atoms with Crippen LogP contribution in [0.1, 0.15) is 52.5 Å². The molecule has 0 aromatic heterocycles. The van der Waals surface area contributed by atoms with E-state index in [4.69, 9.17) is 14.2 Å². The molecule has 5 heteroatoms. The molecular weight excluding hydrogens is 368 g/mol. The number of ether oxygens (including phenoxy) is 3. The third-order valence-electron chi connectivity index (χ3n) is 6.87. The third kappa shape index (κ3) is 4.27. The molecule has 7 atom stereocenters. The molecule has 158 valence electrons. The van der Waals surface area contributed by atoms with Crippen molar-refractivity contribution in [1.29, 1.82) is 0 Å². The van der Waals surface area contributed by atoms with Gasteiger partial charge in [0.25, 0.3) is 0 Å². The molecule has 1 N–H and O–H groups in total. The summed E-state index contributed by atoms with van der Waals surface area (Å²) in [7, 11) is 0. The fourth-order valence-corrected chi connectivity index (χ4v) is 4.96. The van der Waals surface area contributed by atoms with Crippen LogP contribution in [0.15, 0.2) is 36.4 Å². The van der Waals surface area contributed by atoms with Crippen LogP contribution >= 0.6 is 0 Å². The standard InChI is InChI=1S/C24H32O5/c1-15(2)20-17(27-19(25)11-10-16-8-6-5-7-9-16)14-24(4)18(28-24)12-13-23(3)22(29-23)21(20)26/h5-11,15,17-18,20-22,26H,12-14H2,1-4H3/b11-10+/t17-,18-,20-,21-,22+,23+,24-/m1/s1. The molecule has 0 unspecified atom stereocenters. The number of benzene rings is 1. The Bertz CT molecular complexity index is 775. The molecule has 3 fully saturated rings. The zero-order valence-corrected chi connectivity index (χ0v) is 17.7.